The maximum atomic E-state index is 12.7. The van der Waals surface area contributed by atoms with Crippen LogP contribution in [0.1, 0.15) is 13.3 Å². The lowest BCUT2D eigenvalue weighted by molar-refractivity contribution is -0.115. The summed E-state index contributed by atoms with van der Waals surface area (Å²) in [6, 6.07) is 15.5. The summed E-state index contributed by atoms with van der Waals surface area (Å²) in [5.74, 6) is 0.0587. The molecule has 2 aromatic carbocycles. The Hall–Kier alpha value is -2.93. The van der Waals surface area contributed by atoms with E-state index in [4.69, 9.17) is 4.74 Å². The number of para-hydroxylation sites is 1. The van der Waals surface area contributed by atoms with Crippen LogP contribution in [0.15, 0.2) is 65.7 Å². The van der Waals surface area contributed by atoms with E-state index in [9.17, 15) is 13.2 Å². The fourth-order valence-corrected chi connectivity index (χ4v) is 4.11. The first-order chi connectivity index (χ1) is 13.0. The van der Waals surface area contributed by atoms with E-state index in [2.05, 4.69) is 10.3 Å². The zero-order chi connectivity index (χ0) is 19.3. The molecule has 7 heteroatoms. The number of hydrogen-bond acceptors (Lipinski definition) is 5. The Balaban J connectivity index is 1.67. The summed E-state index contributed by atoms with van der Waals surface area (Å²) in [5, 5.41) is 3.45. The minimum Gasteiger partial charge on any atom is -0.494 e. The van der Waals surface area contributed by atoms with E-state index in [0.29, 0.717) is 23.6 Å². The molecule has 0 aliphatic carbocycles. The topological polar surface area (TPSA) is 85.4 Å². The van der Waals surface area contributed by atoms with E-state index in [1.807, 2.05) is 6.92 Å². The molecule has 0 unspecified atom stereocenters. The molecule has 6 nitrogen and oxygen atoms in total. The first-order valence-corrected chi connectivity index (χ1v) is 10.2. The third-order valence-electron chi connectivity index (χ3n) is 3.98. The van der Waals surface area contributed by atoms with Crippen LogP contribution in [0.5, 0.6) is 5.75 Å². The number of aromatic nitrogens is 1. The molecule has 140 valence electrons. The van der Waals surface area contributed by atoms with Crippen LogP contribution < -0.4 is 10.1 Å². The number of anilines is 1. The van der Waals surface area contributed by atoms with Crippen LogP contribution in [-0.2, 0) is 14.6 Å². The number of hydrogen-bond donors (Lipinski definition) is 1. The number of ether oxygens (including phenoxy) is 1. The quantitative estimate of drug-likeness (QED) is 0.674. The number of nitrogens with zero attached hydrogens (tertiary/aromatic N) is 1. The maximum Gasteiger partial charge on any atom is 0.225 e. The minimum absolute atomic E-state index is 0.140. The highest BCUT2D eigenvalue weighted by Crippen LogP contribution is 2.22. The number of fused-ring (bicyclic) bond motifs is 1. The van der Waals surface area contributed by atoms with Crippen molar-refractivity contribution >= 4 is 32.3 Å². The number of carbonyl (C=O) groups excluding carboxylic acids is 1. The van der Waals surface area contributed by atoms with E-state index in [0.717, 1.165) is 5.39 Å². The molecule has 0 radical (unpaired) electrons. The second kappa shape index (κ2) is 8.18. The van der Waals surface area contributed by atoms with Crippen molar-refractivity contribution in [2.75, 3.05) is 17.7 Å². The van der Waals surface area contributed by atoms with Crippen LogP contribution in [0.2, 0.25) is 0 Å². The van der Waals surface area contributed by atoms with Crippen molar-refractivity contribution in [2.45, 2.75) is 18.2 Å². The van der Waals surface area contributed by atoms with Gasteiger partial charge in [0.1, 0.15) is 5.75 Å². The highest BCUT2D eigenvalue weighted by atomic mass is 32.2. The van der Waals surface area contributed by atoms with Gasteiger partial charge in [-0.15, -0.1) is 0 Å². The van der Waals surface area contributed by atoms with Crippen molar-refractivity contribution in [1.29, 1.82) is 0 Å². The van der Waals surface area contributed by atoms with Gasteiger partial charge in [0.05, 0.1) is 22.8 Å². The number of nitrogens with one attached hydrogen (secondary N) is 1. The minimum atomic E-state index is -3.63. The monoisotopic (exact) mass is 384 g/mol. The SMILES string of the molecule is CCOc1ccc(NC(=O)CCS(=O)(=O)c2cccc3cccnc23)cc1. The van der Waals surface area contributed by atoms with Gasteiger partial charge in [-0.05, 0) is 43.3 Å². The Labute approximate surface area is 158 Å². The second-order valence-electron chi connectivity index (χ2n) is 5.91. The fourth-order valence-electron chi connectivity index (χ4n) is 2.69. The average Bonchev–Trinajstić information content (AvgIpc) is 2.68. The molecule has 27 heavy (non-hydrogen) atoms. The van der Waals surface area contributed by atoms with Gasteiger partial charge >= 0.3 is 0 Å². The van der Waals surface area contributed by atoms with E-state index in [1.165, 1.54) is 6.07 Å². The van der Waals surface area contributed by atoms with Crippen molar-refractivity contribution in [3.8, 4) is 5.75 Å². The summed E-state index contributed by atoms with van der Waals surface area (Å²) < 4.78 is 30.7. The largest absolute Gasteiger partial charge is 0.494 e. The second-order valence-corrected chi connectivity index (χ2v) is 7.98. The summed E-state index contributed by atoms with van der Waals surface area (Å²) in [5.41, 5.74) is 1.01. The lowest BCUT2D eigenvalue weighted by Gasteiger charge is -2.09. The van der Waals surface area contributed by atoms with E-state index in [1.54, 1.807) is 54.7 Å². The molecule has 0 atom stereocenters. The Bertz CT molecular complexity index is 1040. The summed E-state index contributed by atoms with van der Waals surface area (Å²) in [6.07, 6.45) is 1.42. The number of sulfone groups is 1. The van der Waals surface area contributed by atoms with Gasteiger partial charge in [0.25, 0.3) is 0 Å². The molecule has 3 rings (SSSR count). The summed E-state index contributed by atoms with van der Waals surface area (Å²) in [4.78, 5) is 16.5. The number of amides is 1. The van der Waals surface area contributed by atoms with Gasteiger partial charge in [-0.2, -0.15) is 0 Å². The molecule has 0 aliphatic rings. The fraction of sp³-hybridized carbons (Fsp3) is 0.200. The molecule has 1 amide bonds. The zero-order valence-corrected chi connectivity index (χ0v) is 15.7. The molecule has 0 saturated carbocycles. The average molecular weight is 384 g/mol. The molecule has 0 saturated heterocycles. The molecule has 1 N–H and O–H groups in total. The van der Waals surface area contributed by atoms with Crippen LogP contribution in [0.25, 0.3) is 10.9 Å². The normalized spacial score (nSPS) is 11.3. The highest BCUT2D eigenvalue weighted by Gasteiger charge is 2.19. The molecule has 0 spiro atoms. The van der Waals surface area contributed by atoms with Crippen molar-refractivity contribution in [3.05, 3.63) is 60.8 Å². The van der Waals surface area contributed by atoms with Gasteiger partial charge < -0.3 is 10.1 Å². The van der Waals surface area contributed by atoms with Gasteiger partial charge in [-0.3, -0.25) is 9.78 Å². The highest BCUT2D eigenvalue weighted by molar-refractivity contribution is 7.91. The number of carbonyl (C=O) groups is 1. The molecular weight excluding hydrogens is 364 g/mol. The third-order valence-corrected chi connectivity index (χ3v) is 5.72. The first-order valence-electron chi connectivity index (χ1n) is 8.59. The Morgan fingerprint density at radius 3 is 2.56 bits per heavy atom. The summed E-state index contributed by atoms with van der Waals surface area (Å²) >= 11 is 0. The predicted molar refractivity (Wildman–Crippen MR) is 105 cm³/mol. The van der Waals surface area contributed by atoms with E-state index >= 15 is 0 Å². The van der Waals surface area contributed by atoms with Gasteiger partial charge in [-0.1, -0.05) is 18.2 Å². The molecule has 0 fully saturated rings. The van der Waals surface area contributed by atoms with Crippen LogP contribution in [-0.4, -0.2) is 31.7 Å². The number of rotatable bonds is 7. The van der Waals surface area contributed by atoms with Crippen LogP contribution >= 0.6 is 0 Å². The predicted octanol–water partition coefficient (Wildman–Crippen LogP) is 3.44. The summed E-state index contributed by atoms with van der Waals surface area (Å²) in [6.45, 7) is 2.45. The first kappa shape index (κ1) is 18.8. The van der Waals surface area contributed by atoms with Crippen molar-refractivity contribution in [2.24, 2.45) is 0 Å². The molecule has 0 bridgehead atoms. The Kier molecular flexibility index (Phi) is 5.71. The number of pyridine rings is 1. The molecular formula is C20H20N2O4S. The Morgan fingerprint density at radius 2 is 1.81 bits per heavy atom. The van der Waals surface area contributed by atoms with E-state index in [-0.39, 0.29) is 23.0 Å². The van der Waals surface area contributed by atoms with Gasteiger partial charge in [-0.25, -0.2) is 8.42 Å². The molecule has 3 aromatic rings. The van der Waals surface area contributed by atoms with Crippen molar-refractivity contribution in [3.63, 3.8) is 0 Å². The van der Waals surface area contributed by atoms with Crippen LogP contribution in [0, 0.1) is 0 Å². The molecule has 1 heterocycles. The van der Waals surface area contributed by atoms with E-state index < -0.39 is 9.84 Å². The van der Waals surface area contributed by atoms with Crippen LogP contribution in [0.4, 0.5) is 5.69 Å². The lowest BCUT2D eigenvalue weighted by atomic mass is 10.2. The van der Waals surface area contributed by atoms with Gasteiger partial charge in [0.2, 0.25) is 5.91 Å². The zero-order valence-electron chi connectivity index (χ0n) is 14.9. The van der Waals surface area contributed by atoms with Crippen molar-refractivity contribution in [1.82, 2.24) is 4.98 Å². The maximum absolute atomic E-state index is 12.7. The summed E-state index contributed by atoms with van der Waals surface area (Å²) in [7, 11) is -3.63. The number of benzene rings is 2. The third kappa shape index (κ3) is 4.62. The lowest BCUT2D eigenvalue weighted by Crippen LogP contribution is -2.17. The standard InChI is InChI=1S/C20H20N2O4S/c1-2-26-17-10-8-16(9-11-17)22-19(23)12-14-27(24,25)18-7-3-5-15-6-4-13-21-20(15)18/h3-11,13H,2,12,14H2,1H3,(H,22,23). The Morgan fingerprint density at radius 1 is 1.07 bits per heavy atom. The molecule has 1 aromatic heterocycles. The van der Waals surface area contributed by atoms with Crippen LogP contribution in [0.3, 0.4) is 0 Å². The smallest absolute Gasteiger partial charge is 0.225 e. The van der Waals surface area contributed by atoms with Gasteiger partial charge in [0.15, 0.2) is 9.84 Å². The molecule has 0 aliphatic heterocycles. The van der Waals surface area contributed by atoms with Crippen molar-refractivity contribution < 1.29 is 17.9 Å². The van der Waals surface area contributed by atoms with Gasteiger partial charge in [0, 0.05) is 23.7 Å².